The van der Waals surface area contributed by atoms with Crippen LogP contribution in [0.3, 0.4) is 0 Å². The van der Waals surface area contributed by atoms with Crippen molar-refractivity contribution in [3.8, 4) is 0 Å². The fourth-order valence-corrected chi connectivity index (χ4v) is 1.84. The SMILES string of the molecule is O=C(CCC1OCCO1)c1cc(Br)ccn1. The number of carbonyl (C=O) groups excluding carboxylic acids is 1. The van der Waals surface area contributed by atoms with Crippen molar-refractivity contribution in [3.05, 3.63) is 28.5 Å². The minimum atomic E-state index is -0.226. The van der Waals surface area contributed by atoms with Crippen LogP contribution in [0.5, 0.6) is 0 Å². The van der Waals surface area contributed by atoms with Crippen LogP contribution in [0, 0.1) is 0 Å². The molecule has 0 unspecified atom stereocenters. The zero-order valence-corrected chi connectivity index (χ0v) is 10.3. The number of aromatic nitrogens is 1. The summed E-state index contributed by atoms with van der Waals surface area (Å²) >= 11 is 3.31. The molecule has 1 aliphatic rings. The van der Waals surface area contributed by atoms with Gasteiger partial charge in [0.05, 0.1) is 13.2 Å². The predicted molar refractivity (Wildman–Crippen MR) is 61.2 cm³/mol. The minimum Gasteiger partial charge on any atom is -0.350 e. The van der Waals surface area contributed by atoms with Gasteiger partial charge in [0.15, 0.2) is 12.1 Å². The normalized spacial score (nSPS) is 16.6. The van der Waals surface area contributed by atoms with Crippen molar-refractivity contribution in [2.75, 3.05) is 13.2 Å². The Morgan fingerprint density at radius 3 is 2.94 bits per heavy atom. The van der Waals surface area contributed by atoms with Crippen molar-refractivity contribution in [2.24, 2.45) is 0 Å². The van der Waals surface area contributed by atoms with Gasteiger partial charge in [0.25, 0.3) is 0 Å². The maximum atomic E-state index is 11.8. The highest BCUT2D eigenvalue weighted by atomic mass is 79.9. The first-order valence-electron chi connectivity index (χ1n) is 5.13. The smallest absolute Gasteiger partial charge is 0.181 e. The summed E-state index contributed by atoms with van der Waals surface area (Å²) in [6.07, 6.45) is 2.37. The highest BCUT2D eigenvalue weighted by Gasteiger charge is 2.18. The second-order valence-electron chi connectivity index (χ2n) is 3.49. The Bertz CT molecular complexity index is 377. The standard InChI is InChI=1S/C11H12BrNO3/c12-8-3-4-13-9(7-8)10(14)1-2-11-15-5-6-16-11/h3-4,7,11H,1-2,5-6H2. The molecule has 1 aromatic rings. The molecule has 1 fully saturated rings. The van der Waals surface area contributed by atoms with Gasteiger partial charge in [-0.25, -0.2) is 0 Å². The summed E-state index contributed by atoms with van der Waals surface area (Å²) in [7, 11) is 0. The van der Waals surface area contributed by atoms with Gasteiger partial charge < -0.3 is 9.47 Å². The zero-order valence-electron chi connectivity index (χ0n) is 8.69. The quantitative estimate of drug-likeness (QED) is 0.796. The van der Waals surface area contributed by atoms with Crippen LogP contribution < -0.4 is 0 Å². The Hall–Kier alpha value is -0.780. The third kappa shape index (κ3) is 3.10. The Morgan fingerprint density at radius 1 is 1.50 bits per heavy atom. The van der Waals surface area contributed by atoms with Gasteiger partial charge in [0, 0.05) is 23.5 Å². The molecule has 0 aromatic carbocycles. The Labute approximate surface area is 102 Å². The second kappa shape index (κ2) is 5.52. The second-order valence-corrected chi connectivity index (χ2v) is 4.41. The number of nitrogens with zero attached hydrogens (tertiary/aromatic N) is 1. The van der Waals surface area contributed by atoms with Gasteiger partial charge in [-0.15, -0.1) is 0 Å². The first-order valence-corrected chi connectivity index (χ1v) is 5.93. The molecule has 4 nitrogen and oxygen atoms in total. The van der Waals surface area contributed by atoms with Gasteiger partial charge in [0.2, 0.25) is 0 Å². The minimum absolute atomic E-state index is 0.0143. The number of ether oxygens (including phenoxy) is 2. The fourth-order valence-electron chi connectivity index (χ4n) is 1.51. The van der Waals surface area contributed by atoms with Crippen LogP contribution in [0.15, 0.2) is 22.8 Å². The first-order chi connectivity index (χ1) is 7.75. The molecule has 2 heterocycles. The number of Topliss-reactive ketones (excluding diaryl/α,β-unsaturated/α-hetero) is 1. The molecule has 1 aromatic heterocycles. The number of ketones is 1. The zero-order chi connectivity index (χ0) is 11.4. The predicted octanol–water partition coefficient (Wildman–Crippen LogP) is 2.18. The third-order valence-corrected chi connectivity index (χ3v) is 2.80. The van der Waals surface area contributed by atoms with Gasteiger partial charge >= 0.3 is 0 Å². The molecule has 16 heavy (non-hydrogen) atoms. The average molecular weight is 286 g/mol. The van der Waals surface area contributed by atoms with Crippen LogP contribution in [-0.4, -0.2) is 30.3 Å². The van der Waals surface area contributed by atoms with E-state index in [1.165, 1.54) is 0 Å². The molecule has 0 radical (unpaired) electrons. The van der Waals surface area contributed by atoms with Crippen LogP contribution in [-0.2, 0) is 9.47 Å². The molecule has 1 aliphatic heterocycles. The maximum Gasteiger partial charge on any atom is 0.181 e. The number of carbonyl (C=O) groups is 1. The van der Waals surface area contributed by atoms with Crippen molar-refractivity contribution in [2.45, 2.75) is 19.1 Å². The molecule has 1 saturated heterocycles. The molecular weight excluding hydrogens is 274 g/mol. The number of hydrogen-bond acceptors (Lipinski definition) is 4. The third-order valence-electron chi connectivity index (χ3n) is 2.31. The number of hydrogen-bond donors (Lipinski definition) is 0. The Kier molecular flexibility index (Phi) is 4.04. The van der Waals surface area contributed by atoms with E-state index in [4.69, 9.17) is 9.47 Å². The molecule has 0 spiro atoms. The number of pyridine rings is 1. The van der Waals surface area contributed by atoms with Crippen molar-refractivity contribution in [3.63, 3.8) is 0 Å². The van der Waals surface area contributed by atoms with E-state index in [0.29, 0.717) is 31.7 Å². The van der Waals surface area contributed by atoms with Gasteiger partial charge in [-0.2, -0.15) is 0 Å². The van der Waals surface area contributed by atoms with Crippen molar-refractivity contribution in [1.29, 1.82) is 0 Å². The molecular formula is C11H12BrNO3. The summed E-state index contributed by atoms with van der Waals surface area (Å²) in [6.45, 7) is 1.24. The van der Waals surface area contributed by atoms with Crippen LogP contribution in [0.1, 0.15) is 23.3 Å². The molecule has 0 aliphatic carbocycles. The van der Waals surface area contributed by atoms with Crippen LogP contribution in [0.25, 0.3) is 0 Å². The van der Waals surface area contributed by atoms with E-state index in [1.54, 1.807) is 18.3 Å². The highest BCUT2D eigenvalue weighted by Crippen LogP contribution is 2.14. The van der Waals surface area contributed by atoms with Gasteiger partial charge in [-0.3, -0.25) is 9.78 Å². The maximum absolute atomic E-state index is 11.8. The lowest BCUT2D eigenvalue weighted by atomic mass is 10.1. The molecule has 86 valence electrons. The average Bonchev–Trinajstić information content (AvgIpc) is 2.78. The van der Waals surface area contributed by atoms with Gasteiger partial charge in [-0.1, -0.05) is 15.9 Å². The molecule has 0 bridgehead atoms. The molecule has 5 heteroatoms. The largest absolute Gasteiger partial charge is 0.350 e. The molecule has 0 atom stereocenters. The lowest BCUT2D eigenvalue weighted by Crippen LogP contribution is -2.11. The summed E-state index contributed by atoms with van der Waals surface area (Å²) in [5.74, 6) is 0.0143. The van der Waals surface area contributed by atoms with Crippen LogP contribution in [0.2, 0.25) is 0 Å². The summed E-state index contributed by atoms with van der Waals surface area (Å²) in [4.78, 5) is 15.8. The monoisotopic (exact) mass is 285 g/mol. The molecule has 0 N–H and O–H groups in total. The summed E-state index contributed by atoms with van der Waals surface area (Å²) in [5.41, 5.74) is 0.479. The summed E-state index contributed by atoms with van der Waals surface area (Å²) < 4.78 is 11.4. The van der Waals surface area contributed by atoms with E-state index in [0.717, 1.165) is 4.47 Å². The number of rotatable bonds is 4. The van der Waals surface area contributed by atoms with Crippen LogP contribution in [0.4, 0.5) is 0 Å². The van der Waals surface area contributed by atoms with Crippen LogP contribution >= 0.6 is 15.9 Å². The van der Waals surface area contributed by atoms with E-state index in [1.807, 2.05) is 0 Å². The van der Waals surface area contributed by atoms with Crippen molar-refractivity contribution >= 4 is 21.7 Å². The van der Waals surface area contributed by atoms with Crippen molar-refractivity contribution in [1.82, 2.24) is 4.98 Å². The fraction of sp³-hybridized carbons (Fsp3) is 0.455. The molecule has 2 rings (SSSR count). The highest BCUT2D eigenvalue weighted by molar-refractivity contribution is 9.10. The number of halogens is 1. The van der Waals surface area contributed by atoms with E-state index in [-0.39, 0.29) is 12.1 Å². The van der Waals surface area contributed by atoms with E-state index in [9.17, 15) is 4.79 Å². The summed E-state index contributed by atoms with van der Waals surface area (Å²) in [6, 6.07) is 3.51. The Balaban J connectivity index is 1.87. The van der Waals surface area contributed by atoms with Gasteiger partial charge in [0.1, 0.15) is 5.69 Å². The Morgan fingerprint density at radius 2 is 2.25 bits per heavy atom. The summed E-state index contributed by atoms with van der Waals surface area (Å²) in [5, 5.41) is 0. The lowest BCUT2D eigenvalue weighted by Gasteiger charge is -2.07. The van der Waals surface area contributed by atoms with Gasteiger partial charge in [-0.05, 0) is 12.1 Å². The topological polar surface area (TPSA) is 48.4 Å². The first kappa shape index (κ1) is 11.7. The van der Waals surface area contributed by atoms with Crippen molar-refractivity contribution < 1.29 is 14.3 Å². The molecule has 0 amide bonds. The van der Waals surface area contributed by atoms with E-state index in [2.05, 4.69) is 20.9 Å². The molecule has 0 saturated carbocycles. The van der Waals surface area contributed by atoms with E-state index >= 15 is 0 Å². The van der Waals surface area contributed by atoms with E-state index < -0.39 is 0 Å². The lowest BCUT2D eigenvalue weighted by molar-refractivity contribution is -0.0464.